The quantitative estimate of drug-likeness (QED) is 0.821. The van der Waals surface area contributed by atoms with E-state index in [9.17, 15) is 8.78 Å². The van der Waals surface area contributed by atoms with Gasteiger partial charge >= 0.3 is 0 Å². The van der Waals surface area contributed by atoms with Crippen LogP contribution in [0, 0.1) is 11.6 Å². The monoisotopic (exact) mass is 281 g/mol. The number of ether oxygens (including phenoxy) is 1. The highest BCUT2D eigenvalue weighted by Crippen LogP contribution is 2.27. The van der Waals surface area contributed by atoms with Gasteiger partial charge in [-0.2, -0.15) is 0 Å². The number of benzene rings is 1. The van der Waals surface area contributed by atoms with Gasteiger partial charge in [-0.1, -0.05) is 0 Å². The van der Waals surface area contributed by atoms with Crippen LogP contribution in [0.25, 0.3) is 0 Å². The van der Waals surface area contributed by atoms with Gasteiger partial charge in [0.1, 0.15) is 18.5 Å². The molecule has 0 saturated carbocycles. The van der Waals surface area contributed by atoms with Crippen molar-refractivity contribution in [3.8, 4) is 5.75 Å². The molecular formula is C9H10BrF2NO2. The fourth-order valence-corrected chi connectivity index (χ4v) is 1.30. The summed E-state index contributed by atoms with van der Waals surface area (Å²) in [5.74, 6) is -1.84. The first-order valence-corrected chi connectivity index (χ1v) is 4.99. The first-order valence-electron chi connectivity index (χ1n) is 4.20. The molecule has 0 aliphatic heterocycles. The highest BCUT2D eigenvalue weighted by Gasteiger charge is 2.10. The number of aliphatic hydroxyl groups is 1. The van der Waals surface area contributed by atoms with E-state index >= 15 is 0 Å². The van der Waals surface area contributed by atoms with E-state index < -0.39 is 17.7 Å². The molecule has 0 aliphatic carbocycles. The molecule has 0 radical (unpaired) electrons. The van der Waals surface area contributed by atoms with Crippen molar-refractivity contribution in [2.75, 3.05) is 13.2 Å². The SMILES string of the molecule is NCC(O)COc1cc(F)c(F)cc1Br. The number of aliphatic hydroxyl groups excluding tert-OH is 1. The number of hydrogen-bond acceptors (Lipinski definition) is 3. The second kappa shape index (κ2) is 5.39. The second-order valence-electron chi connectivity index (χ2n) is 2.90. The summed E-state index contributed by atoms with van der Waals surface area (Å²) < 4.78 is 30.8. The van der Waals surface area contributed by atoms with Gasteiger partial charge in [0.15, 0.2) is 11.6 Å². The van der Waals surface area contributed by atoms with Gasteiger partial charge < -0.3 is 15.6 Å². The minimum Gasteiger partial charge on any atom is -0.490 e. The molecule has 0 saturated heterocycles. The van der Waals surface area contributed by atoms with Crippen molar-refractivity contribution in [3.63, 3.8) is 0 Å². The number of nitrogens with two attached hydrogens (primary N) is 1. The van der Waals surface area contributed by atoms with Gasteiger partial charge in [0.2, 0.25) is 0 Å². The molecule has 3 nitrogen and oxygen atoms in total. The predicted octanol–water partition coefficient (Wildman–Crippen LogP) is 1.43. The lowest BCUT2D eigenvalue weighted by Gasteiger charge is -2.11. The molecule has 6 heteroatoms. The van der Waals surface area contributed by atoms with Crippen LogP contribution in [0.1, 0.15) is 0 Å². The van der Waals surface area contributed by atoms with E-state index in [4.69, 9.17) is 15.6 Å². The minimum atomic E-state index is -1.00. The van der Waals surface area contributed by atoms with Crippen LogP contribution in [0.4, 0.5) is 8.78 Å². The normalized spacial score (nSPS) is 12.6. The van der Waals surface area contributed by atoms with Crippen molar-refractivity contribution in [2.45, 2.75) is 6.10 Å². The summed E-state index contributed by atoms with van der Waals surface area (Å²) in [6.45, 7) is -0.0263. The molecule has 0 fully saturated rings. The molecule has 0 heterocycles. The van der Waals surface area contributed by atoms with Crippen molar-refractivity contribution in [3.05, 3.63) is 28.2 Å². The lowest BCUT2D eigenvalue weighted by molar-refractivity contribution is 0.113. The highest BCUT2D eigenvalue weighted by molar-refractivity contribution is 9.10. The summed E-state index contributed by atoms with van der Waals surface area (Å²) in [6, 6.07) is 1.86. The first-order chi connectivity index (χ1) is 7.04. The van der Waals surface area contributed by atoms with Crippen LogP contribution < -0.4 is 10.5 Å². The van der Waals surface area contributed by atoms with E-state index in [2.05, 4.69) is 15.9 Å². The molecule has 0 aromatic heterocycles. The van der Waals surface area contributed by atoms with Crippen molar-refractivity contribution < 1.29 is 18.6 Å². The molecule has 0 bridgehead atoms. The topological polar surface area (TPSA) is 55.5 Å². The molecule has 1 rings (SSSR count). The van der Waals surface area contributed by atoms with Gasteiger partial charge in [0, 0.05) is 12.6 Å². The van der Waals surface area contributed by atoms with Gasteiger partial charge in [-0.3, -0.25) is 0 Å². The highest BCUT2D eigenvalue weighted by atomic mass is 79.9. The lowest BCUT2D eigenvalue weighted by Crippen LogP contribution is -2.26. The fourth-order valence-electron chi connectivity index (χ4n) is 0.869. The maximum atomic E-state index is 12.8. The predicted molar refractivity (Wildman–Crippen MR) is 54.6 cm³/mol. The van der Waals surface area contributed by atoms with Crippen molar-refractivity contribution in [1.82, 2.24) is 0 Å². The van der Waals surface area contributed by atoms with Crippen LogP contribution >= 0.6 is 15.9 Å². The average Bonchev–Trinajstić information content (AvgIpc) is 2.21. The van der Waals surface area contributed by atoms with E-state index in [1.807, 2.05) is 0 Å². The zero-order valence-electron chi connectivity index (χ0n) is 7.71. The Morgan fingerprint density at radius 2 is 2.00 bits per heavy atom. The van der Waals surface area contributed by atoms with Gasteiger partial charge in [-0.15, -0.1) is 0 Å². The van der Waals surface area contributed by atoms with E-state index in [1.165, 1.54) is 0 Å². The first kappa shape index (κ1) is 12.4. The molecule has 1 unspecified atom stereocenters. The van der Waals surface area contributed by atoms with E-state index in [0.29, 0.717) is 0 Å². The van der Waals surface area contributed by atoms with Crippen LogP contribution in [0.5, 0.6) is 5.75 Å². The Hall–Kier alpha value is -0.720. The van der Waals surface area contributed by atoms with Crippen LogP contribution in [-0.2, 0) is 0 Å². The fraction of sp³-hybridized carbons (Fsp3) is 0.333. The lowest BCUT2D eigenvalue weighted by atomic mass is 10.3. The molecule has 1 aromatic rings. The molecule has 1 atom stereocenters. The third-order valence-corrected chi connectivity index (χ3v) is 2.30. The van der Waals surface area contributed by atoms with Crippen LogP contribution in [0.2, 0.25) is 0 Å². The summed E-state index contributed by atoms with van der Waals surface area (Å²) in [5.41, 5.74) is 5.15. The molecular weight excluding hydrogens is 272 g/mol. The molecule has 84 valence electrons. The van der Waals surface area contributed by atoms with Crippen molar-refractivity contribution >= 4 is 15.9 Å². The molecule has 3 N–H and O–H groups in total. The molecule has 0 amide bonds. The van der Waals surface area contributed by atoms with Gasteiger partial charge in [0.05, 0.1) is 4.47 Å². The summed E-state index contributed by atoms with van der Waals surface area (Å²) in [4.78, 5) is 0. The third-order valence-electron chi connectivity index (χ3n) is 1.68. The zero-order chi connectivity index (χ0) is 11.4. The zero-order valence-corrected chi connectivity index (χ0v) is 9.30. The Labute approximate surface area is 94.0 Å². The molecule has 1 aromatic carbocycles. The number of hydrogen-bond donors (Lipinski definition) is 2. The molecule has 0 spiro atoms. The minimum absolute atomic E-state index is 0.0430. The maximum absolute atomic E-state index is 12.8. The van der Waals surface area contributed by atoms with Gasteiger partial charge in [0.25, 0.3) is 0 Å². The van der Waals surface area contributed by atoms with E-state index in [1.54, 1.807) is 0 Å². The second-order valence-corrected chi connectivity index (χ2v) is 3.75. The van der Waals surface area contributed by atoms with Gasteiger partial charge in [-0.25, -0.2) is 8.78 Å². The standard InChI is InChI=1S/C9H10BrF2NO2/c10-6-1-7(11)8(12)2-9(6)15-4-5(14)3-13/h1-2,5,14H,3-4,13H2. The summed E-state index contributed by atoms with van der Waals surface area (Å²) >= 11 is 3.01. The van der Waals surface area contributed by atoms with Crippen LogP contribution in [-0.4, -0.2) is 24.4 Å². The van der Waals surface area contributed by atoms with Crippen LogP contribution in [0.3, 0.4) is 0 Å². The molecule has 15 heavy (non-hydrogen) atoms. The Kier molecular flexibility index (Phi) is 4.44. The van der Waals surface area contributed by atoms with E-state index in [-0.39, 0.29) is 23.4 Å². The number of halogens is 3. The van der Waals surface area contributed by atoms with Crippen molar-refractivity contribution in [2.24, 2.45) is 5.73 Å². The Morgan fingerprint density at radius 3 is 2.60 bits per heavy atom. The van der Waals surface area contributed by atoms with Crippen LogP contribution in [0.15, 0.2) is 16.6 Å². The third kappa shape index (κ3) is 3.40. The molecule has 0 aliphatic rings. The van der Waals surface area contributed by atoms with E-state index in [0.717, 1.165) is 12.1 Å². The average molecular weight is 282 g/mol. The summed E-state index contributed by atoms with van der Waals surface area (Å²) in [6.07, 6.45) is -0.829. The largest absolute Gasteiger partial charge is 0.490 e. The van der Waals surface area contributed by atoms with Gasteiger partial charge in [-0.05, 0) is 22.0 Å². The Bertz CT molecular complexity index is 349. The maximum Gasteiger partial charge on any atom is 0.162 e. The Balaban J connectivity index is 2.73. The summed E-state index contributed by atoms with van der Waals surface area (Å²) in [7, 11) is 0. The summed E-state index contributed by atoms with van der Waals surface area (Å²) in [5, 5.41) is 9.10. The number of rotatable bonds is 4. The Morgan fingerprint density at radius 1 is 1.40 bits per heavy atom. The van der Waals surface area contributed by atoms with Crippen molar-refractivity contribution in [1.29, 1.82) is 0 Å². The smallest absolute Gasteiger partial charge is 0.162 e.